The zero-order valence-corrected chi connectivity index (χ0v) is 18.5. The van der Waals surface area contributed by atoms with Crippen molar-refractivity contribution in [2.45, 2.75) is 26.8 Å². The van der Waals surface area contributed by atoms with Gasteiger partial charge in [-0.25, -0.2) is 0 Å². The third kappa shape index (κ3) is 5.97. The van der Waals surface area contributed by atoms with E-state index in [9.17, 15) is 4.79 Å². The van der Waals surface area contributed by atoms with Crippen molar-refractivity contribution in [3.8, 4) is 11.5 Å². The molecule has 1 aliphatic heterocycles. The van der Waals surface area contributed by atoms with Gasteiger partial charge in [0.15, 0.2) is 0 Å². The molecular weight excluding hydrogens is 378 g/mol. The molecule has 1 aliphatic rings. The van der Waals surface area contributed by atoms with Crippen LogP contribution in [0.15, 0.2) is 42.5 Å². The van der Waals surface area contributed by atoms with E-state index in [-0.39, 0.29) is 11.9 Å². The maximum atomic E-state index is 12.7. The number of hydrogen-bond acceptors (Lipinski definition) is 5. The van der Waals surface area contributed by atoms with E-state index < -0.39 is 0 Å². The van der Waals surface area contributed by atoms with Crippen LogP contribution < -0.4 is 14.8 Å². The van der Waals surface area contributed by atoms with Gasteiger partial charge in [-0.15, -0.1) is 0 Å². The Morgan fingerprint density at radius 1 is 1.03 bits per heavy atom. The molecule has 0 saturated carbocycles. The highest BCUT2D eigenvalue weighted by Gasteiger charge is 2.25. The van der Waals surface area contributed by atoms with Gasteiger partial charge in [-0.1, -0.05) is 17.7 Å². The normalized spacial score (nSPS) is 16.1. The number of benzene rings is 2. The quantitative estimate of drug-likeness (QED) is 0.722. The first-order valence-electron chi connectivity index (χ1n) is 10.6. The second kappa shape index (κ2) is 10.5. The van der Waals surface area contributed by atoms with Crippen LogP contribution in [0.4, 0.5) is 5.69 Å². The van der Waals surface area contributed by atoms with Gasteiger partial charge in [-0.3, -0.25) is 14.6 Å². The van der Waals surface area contributed by atoms with Crippen LogP contribution in [0, 0.1) is 13.8 Å². The number of rotatable bonds is 8. The molecule has 1 N–H and O–H groups in total. The van der Waals surface area contributed by atoms with Crippen molar-refractivity contribution in [2.75, 3.05) is 51.8 Å². The average molecular weight is 412 g/mol. The zero-order chi connectivity index (χ0) is 21.5. The molecule has 6 nitrogen and oxygen atoms in total. The van der Waals surface area contributed by atoms with E-state index in [0.717, 1.165) is 55.5 Å². The third-order valence-electron chi connectivity index (χ3n) is 5.71. The van der Waals surface area contributed by atoms with Gasteiger partial charge < -0.3 is 14.8 Å². The molecule has 3 rings (SSSR count). The number of anilines is 1. The zero-order valence-electron chi connectivity index (χ0n) is 18.5. The number of hydrogen-bond donors (Lipinski definition) is 1. The van der Waals surface area contributed by atoms with Crippen LogP contribution in [0.3, 0.4) is 0 Å². The van der Waals surface area contributed by atoms with Gasteiger partial charge in [-0.05, 0) is 56.7 Å². The first kappa shape index (κ1) is 22.1. The molecule has 1 atom stereocenters. The Labute approximate surface area is 179 Å². The maximum Gasteiger partial charge on any atom is 0.241 e. The molecule has 0 spiro atoms. The topological polar surface area (TPSA) is 54.0 Å². The maximum absolute atomic E-state index is 12.7. The number of carbonyl (C=O) groups excluding carboxylic acids is 1. The van der Waals surface area contributed by atoms with Gasteiger partial charge in [0.2, 0.25) is 5.91 Å². The molecule has 162 valence electrons. The Kier molecular flexibility index (Phi) is 7.71. The van der Waals surface area contributed by atoms with E-state index in [2.05, 4.69) is 28.1 Å². The number of aryl methyl sites for hydroxylation is 2. The van der Waals surface area contributed by atoms with Crippen LogP contribution in [0.2, 0.25) is 0 Å². The van der Waals surface area contributed by atoms with Crippen molar-refractivity contribution in [3.63, 3.8) is 0 Å². The fraction of sp³-hybridized carbons (Fsp3) is 0.458. The fourth-order valence-electron chi connectivity index (χ4n) is 3.70. The highest BCUT2D eigenvalue weighted by Crippen LogP contribution is 2.18. The van der Waals surface area contributed by atoms with E-state index >= 15 is 0 Å². The molecule has 2 aromatic rings. The van der Waals surface area contributed by atoms with E-state index in [0.29, 0.717) is 6.61 Å². The molecule has 0 aromatic heterocycles. The Morgan fingerprint density at radius 2 is 1.70 bits per heavy atom. The highest BCUT2D eigenvalue weighted by molar-refractivity contribution is 5.95. The number of amides is 1. The second-order valence-corrected chi connectivity index (χ2v) is 7.89. The van der Waals surface area contributed by atoms with E-state index in [1.165, 1.54) is 5.56 Å². The molecule has 0 unspecified atom stereocenters. The summed E-state index contributed by atoms with van der Waals surface area (Å²) in [5.74, 6) is 1.73. The standard InChI is InChI=1S/C24H33N3O3/c1-18-5-10-23(19(2)17-18)25-24(28)20(3)27-13-11-26(12-14-27)15-16-30-22-8-6-21(29-4)7-9-22/h5-10,17,20H,11-16H2,1-4H3,(H,25,28)/t20-/m1/s1. The number of ether oxygens (including phenoxy) is 2. The molecule has 1 saturated heterocycles. The summed E-state index contributed by atoms with van der Waals surface area (Å²) >= 11 is 0. The summed E-state index contributed by atoms with van der Waals surface area (Å²) in [5.41, 5.74) is 3.19. The predicted octanol–water partition coefficient (Wildman–Crippen LogP) is 3.34. The summed E-state index contributed by atoms with van der Waals surface area (Å²) in [6, 6.07) is 13.6. The van der Waals surface area contributed by atoms with Gasteiger partial charge in [0.25, 0.3) is 0 Å². The second-order valence-electron chi connectivity index (χ2n) is 7.89. The summed E-state index contributed by atoms with van der Waals surface area (Å²) in [4.78, 5) is 17.3. The van der Waals surface area contributed by atoms with E-state index in [1.54, 1.807) is 7.11 Å². The number of nitrogens with one attached hydrogen (secondary N) is 1. The van der Waals surface area contributed by atoms with Crippen molar-refractivity contribution >= 4 is 11.6 Å². The van der Waals surface area contributed by atoms with Crippen molar-refractivity contribution < 1.29 is 14.3 Å². The predicted molar refractivity (Wildman–Crippen MR) is 121 cm³/mol. The number of piperazine rings is 1. The lowest BCUT2D eigenvalue weighted by Gasteiger charge is -2.37. The molecule has 1 heterocycles. The molecule has 0 bridgehead atoms. The number of nitrogens with zero attached hydrogens (tertiary/aromatic N) is 2. The van der Waals surface area contributed by atoms with Crippen molar-refractivity contribution in [2.24, 2.45) is 0 Å². The van der Waals surface area contributed by atoms with Gasteiger partial charge in [-0.2, -0.15) is 0 Å². The molecule has 0 aliphatic carbocycles. The monoisotopic (exact) mass is 411 g/mol. The number of carbonyl (C=O) groups is 1. The average Bonchev–Trinajstić information content (AvgIpc) is 2.76. The van der Waals surface area contributed by atoms with E-state index in [1.807, 2.05) is 50.2 Å². The van der Waals surface area contributed by atoms with Crippen LogP contribution in [0.25, 0.3) is 0 Å². The summed E-state index contributed by atoms with van der Waals surface area (Å²) in [5, 5.41) is 3.08. The molecule has 30 heavy (non-hydrogen) atoms. The number of methoxy groups -OCH3 is 1. The van der Waals surface area contributed by atoms with Crippen LogP contribution in [-0.2, 0) is 4.79 Å². The molecule has 2 aromatic carbocycles. The largest absolute Gasteiger partial charge is 0.497 e. The SMILES string of the molecule is COc1ccc(OCCN2CCN([C@H](C)C(=O)Nc3ccc(C)cc3C)CC2)cc1. The Balaban J connectivity index is 1.40. The minimum absolute atomic E-state index is 0.0539. The van der Waals surface area contributed by atoms with Crippen LogP contribution in [0.1, 0.15) is 18.1 Å². The molecular formula is C24H33N3O3. The van der Waals surface area contributed by atoms with Gasteiger partial charge in [0, 0.05) is 38.4 Å². The Morgan fingerprint density at radius 3 is 2.33 bits per heavy atom. The van der Waals surface area contributed by atoms with Crippen molar-refractivity contribution in [1.82, 2.24) is 9.80 Å². The summed E-state index contributed by atoms with van der Waals surface area (Å²) in [6.07, 6.45) is 0. The summed E-state index contributed by atoms with van der Waals surface area (Å²) < 4.78 is 11.0. The minimum Gasteiger partial charge on any atom is -0.497 e. The smallest absolute Gasteiger partial charge is 0.241 e. The van der Waals surface area contributed by atoms with Crippen LogP contribution >= 0.6 is 0 Å². The van der Waals surface area contributed by atoms with Crippen molar-refractivity contribution in [3.05, 3.63) is 53.6 Å². The fourth-order valence-corrected chi connectivity index (χ4v) is 3.70. The highest BCUT2D eigenvalue weighted by atomic mass is 16.5. The molecule has 1 fully saturated rings. The van der Waals surface area contributed by atoms with E-state index in [4.69, 9.17) is 9.47 Å². The van der Waals surface area contributed by atoms with Crippen LogP contribution in [-0.4, -0.2) is 68.2 Å². The lowest BCUT2D eigenvalue weighted by Crippen LogP contribution is -2.53. The van der Waals surface area contributed by atoms with Gasteiger partial charge >= 0.3 is 0 Å². The third-order valence-corrected chi connectivity index (χ3v) is 5.71. The Hall–Kier alpha value is -2.57. The van der Waals surface area contributed by atoms with Gasteiger partial charge in [0.05, 0.1) is 13.2 Å². The van der Waals surface area contributed by atoms with Gasteiger partial charge in [0.1, 0.15) is 18.1 Å². The Bertz CT molecular complexity index is 830. The summed E-state index contributed by atoms with van der Waals surface area (Å²) in [7, 11) is 1.66. The minimum atomic E-state index is -0.150. The van der Waals surface area contributed by atoms with Crippen molar-refractivity contribution in [1.29, 1.82) is 0 Å². The molecule has 6 heteroatoms. The van der Waals surface area contributed by atoms with Crippen LogP contribution in [0.5, 0.6) is 11.5 Å². The lowest BCUT2D eigenvalue weighted by molar-refractivity contribution is -0.121. The summed E-state index contributed by atoms with van der Waals surface area (Å²) in [6.45, 7) is 11.2. The molecule has 1 amide bonds. The first-order chi connectivity index (χ1) is 14.5. The molecule has 0 radical (unpaired) electrons. The lowest BCUT2D eigenvalue weighted by atomic mass is 10.1. The first-order valence-corrected chi connectivity index (χ1v) is 10.6.